The highest BCUT2D eigenvalue weighted by Gasteiger charge is 2.27. The molecule has 1 aliphatic rings. The smallest absolute Gasteiger partial charge is 0.0409 e. The highest BCUT2D eigenvalue weighted by atomic mass is 35.5. The summed E-state index contributed by atoms with van der Waals surface area (Å²) < 4.78 is 0. The van der Waals surface area contributed by atoms with Crippen molar-refractivity contribution in [2.45, 2.75) is 31.6 Å². The van der Waals surface area contributed by atoms with Crippen LogP contribution in [-0.2, 0) is 0 Å². The van der Waals surface area contributed by atoms with Gasteiger partial charge in [0.15, 0.2) is 0 Å². The molecule has 0 heterocycles. The van der Waals surface area contributed by atoms with Gasteiger partial charge in [0.1, 0.15) is 0 Å². The summed E-state index contributed by atoms with van der Waals surface area (Å²) in [5.74, 6) is 1.29. The van der Waals surface area contributed by atoms with Crippen LogP contribution in [0.3, 0.4) is 0 Å². The van der Waals surface area contributed by atoms with Crippen molar-refractivity contribution in [3.8, 4) is 0 Å². The minimum Gasteiger partial charge on any atom is -0.330 e. The van der Waals surface area contributed by atoms with E-state index in [-0.39, 0.29) is 0 Å². The number of nitrogens with two attached hydrogens (primary N) is 1. The van der Waals surface area contributed by atoms with Crippen molar-refractivity contribution in [1.82, 2.24) is 0 Å². The van der Waals surface area contributed by atoms with Gasteiger partial charge in [0.05, 0.1) is 0 Å². The molecular weight excluding hydrogens is 194 g/mol. The van der Waals surface area contributed by atoms with Crippen LogP contribution in [-0.4, -0.2) is 6.54 Å². The van der Waals surface area contributed by atoms with Crippen LogP contribution >= 0.6 is 11.6 Å². The first-order valence-electron chi connectivity index (χ1n) is 5.21. The monoisotopic (exact) mass is 209 g/mol. The SMILES string of the molecule is CC1CC(CCN)c2cc(Cl)ccc21. The molecule has 76 valence electrons. The third kappa shape index (κ3) is 1.67. The molecule has 0 aromatic heterocycles. The summed E-state index contributed by atoms with van der Waals surface area (Å²) in [5.41, 5.74) is 8.51. The maximum Gasteiger partial charge on any atom is 0.0409 e. The van der Waals surface area contributed by atoms with E-state index in [1.54, 1.807) is 0 Å². The second kappa shape index (κ2) is 3.92. The molecule has 1 nitrogen and oxygen atoms in total. The van der Waals surface area contributed by atoms with E-state index in [1.807, 2.05) is 6.07 Å². The molecule has 14 heavy (non-hydrogen) atoms. The Morgan fingerprint density at radius 3 is 2.93 bits per heavy atom. The number of benzene rings is 1. The first-order valence-corrected chi connectivity index (χ1v) is 5.59. The summed E-state index contributed by atoms with van der Waals surface area (Å²) in [6, 6.07) is 6.27. The van der Waals surface area contributed by atoms with E-state index < -0.39 is 0 Å². The Hall–Kier alpha value is -0.530. The zero-order chi connectivity index (χ0) is 10.1. The number of hydrogen-bond acceptors (Lipinski definition) is 1. The molecule has 0 spiro atoms. The molecule has 0 aliphatic heterocycles. The Kier molecular flexibility index (Phi) is 2.80. The quantitative estimate of drug-likeness (QED) is 0.795. The molecule has 0 fully saturated rings. The van der Waals surface area contributed by atoms with Crippen LogP contribution in [0.1, 0.15) is 42.7 Å². The minimum atomic E-state index is 0.628. The van der Waals surface area contributed by atoms with Crippen molar-refractivity contribution in [3.05, 3.63) is 34.3 Å². The lowest BCUT2D eigenvalue weighted by atomic mass is 9.98. The lowest BCUT2D eigenvalue weighted by Crippen LogP contribution is -2.04. The molecule has 0 bridgehead atoms. The molecule has 2 unspecified atom stereocenters. The molecule has 2 heteroatoms. The largest absolute Gasteiger partial charge is 0.330 e. The summed E-state index contributed by atoms with van der Waals surface area (Å²) in [5, 5.41) is 0.847. The second-order valence-electron chi connectivity index (χ2n) is 4.18. The number of fused-ring (bicyclic) bond motifs is 1. The number of hydrogen-bond donors (Lipinski definition) is 1. The van der Waals surface area contributed by atoms with Gasteiger partial charge in [0.2, 0.25) is 0 Å². The molecular formula is C12H16ClN. The van der Waals surface area contributed by atoms with E-state index in [9.17, 15) is 0 Å². The molecule has 0 saturated carbocycles. The average molecular weight is 210 g/mol. The van der Waals surface area contributed by atoms with Gasteiger partial charge in [-0.25, -0.2) is 0 Å². The fraction of sp³-hybridized carbons (Fsp3) is 0.500. The fourth-order valence-electron chi connectivity index (χ4n) is 2.50. The van der Waals surface area contributed by atoms with Crippen molar-refractivity contribution in [2.24, 2.45) is 5.73 Å². The first-order chi connectivity index (χ1) is 6.72. The van der Waals surface area contributed by atoms with Gasteiger partial charge >= 0.3 is 0 Å². The minimum absolute atomic E-state index is 0.628. The highest BCUT2D eigenvalue weighted by Crippen LogP contribution is 2.43. The molecule has 1 aliphatic carbocycles. The lowest BCUT2D eigenvalue weighted by molar-refractivity contribution is 0.584. The van der Waals surface area contributed by atoms with E-state index in [0.717, 1.165) is 18.0 Å². The Labute approximate surface area is 90.3 Å². The van der Waals surface area contributed by atoms with Gasteiger partial charge in [-0.2, -0.15) is 0 Å². The van der Waals surface area contributed by atoms with Crippen molar-refractivity contribution in [2.75, 3.05) is 6.54 Å². The molecule has 0 amide bonds. The van der Waals surface area contributed by atoms with Gasteiger partial charge in [-0.15, -0.1) is 0 Å². The lowest BCUT2D eigenvalue weighted by Gasteiger charge is -2.09. The van der Waals surface area contributed by atoms with E-state index in [2.05, 4.69) is 19.1 Å². The predicted molar refractivity (Wildman–Crippen MR) is 60.9 cm³/mol. The zero-order valence-electron chi connectivity index (χ0n) is 8.46. The van der Waals surface area contributed by atoms with Gasteiger partial charge in [-0.05, 0) is 54.5 Å². The first kappa shape index (κ1) is 10.0. The Bertz CT molecular complexity index is 335. The Morgan fingerprint density at radius 2 is 2.21 bits per heavy atom. The second-order valence-corrected chi connectivity index (χ2v) is 4.62. The molecule has 2 atom stereocenters. The highest BCUT2D eigenvalue weighted by molar-refractivity contribution is 6.30. The van der Waals surface area contributed by atoms with Crippen LogP contribution in [0.4, 0.5) is 0 Å². The van der Waals surface area contributed by atoms with E-state index >= 15 is 0 Å². The van der Waals surface area contributed by atoms with Gasteiger partial charge in [0.25, 0.3) is 0 Å². The van der Waals surface area contributed by atoms with Gasteiger partial charge in [-0.1, -0.05) is 24.6 Å². The summed E-state index contributed by atoms with van der Waals surface area (Å²) >= 11 is 6.01. The van der Waals surface area contributed by atoms with Crippen LogP contribution in [0.25, 0.3) is 0 Å². The van der Waals surface area contributed by atoms with Crippen LogP contribution in [0, 0.1) is 0 Å². The van der Waals surface area contributed by atoms with Gasteiger partial charge in [0, 0.05) is 5.02 Å². The third-order valence-corrected chi connectivity index (χ3v) is 3.41. The van der Waals surface area contributed by atoms with Crippen LogP contribution < -0.4 is 5.73 Å². The standard InChI is InChI=1S/C12H16ClN/c1-8-6-9(4-5-14)12-7-10(13)2-3-11(8)12/h2-3,7-9H,4-6,14H2,1H3. The number of halogens is 1. The van der Waals surface area contributed by atoms with Crippen molar-refractivity contribution < 1.29 is 0 Å². The van der Waals surface area contributed by atoms with Crippen molar-refractivity contribution in [1.29, 1.82) is 0 Å². The van der Waals surface area contributed by atoms with E-state index in [1.165, 1.54) is 17.5 Å². The summed E-state index contributed by atoms with van der Waals surface area (Å²) in [6.45, 7) is 3.05. The maximum atomic E-state index is 6.01. The maximum absolute atomic E-state index is 6.01. The Morgan fingerprint density at radius 1 is 1.43 bits per heavy atom. The van der Waals surface area contributed by atoms with E-state index in [4.69, 9.17) is 17.3 Å². The molecule has 0 saturated heterocycles. The van der Waals surface area contributed by atoms with Gasteiger partial charge < -0.3 is 5.73 Å². The third-order valence-electron chi connectivity index (χ3n) is 3.17. The number of rotatable bonds is 2. The summed E-state index contributed by atoms with van der Waals surface area (Å²) in [4.78, 5) is 0. The predicted octanol–water partition coefficient (Wildman–Crippen LogP) is 3.28. The van der Waals surface area contributed by atoms with Crippen LogP contribution in [0.15, 0.2) is 18.2 Å². The molecule has 0 radical (unpaired) electrons. The fourth-order valence-corrected chi connectivity index (χ4v) is 2.68. The van der Waals surface area contributed by atoms with Crippen LogP contribution in [0.5, 0.6) is 0 Å². The topological polar surface area (TPSA) is 26.0 Å². The average Bonchev–Trinajstić information content (AvgIpc) is 2.44. The van der Waals surface area contributed by atoms with Crippen molar-refractivity contribution in [3.63, 3.8) is 0 Å². The molecule has 1 aromatic carbocycles. The summed E-state index contributed by atoms with van der Waals surface area (Å²) in [7, 11) is 0. The van der Waals surface area contributed by atoms with Crippen LogP contribution in [0.2, 0.25) is 5.02 Å². The molecule has 2 rings (SSSR count). The Balaban J connectivity index is 2.35. The zero-order valence-corrected chi connectivity index (χ0v) is 9.22. The van der Waals surface area contributed by atoms with Crippen molar-refractivity contribution >= 4 is 11.6 Å². The van der Waals surface area contributed by atoms with E-state index in [0.29, 0.717) is 11.8 Å². The molecule has 2 N–H and O–H groups in total. The normalized spacial score (nSPS) is 25.1. The van der Waals surface area contributed by atoms with Gasteiger partial charge in [-0.3, -0.25) is 0 Å². The molecule has 1 aromatic rings. The summed E-state index contributed by atoms with van der Waals surface area (Å²) in [6.07, 6.45) is 2.31.